The molecular weight excluding hydrogens is 198 g/mol. The lowest BCUT2D eigenvalue weighted by molar-refractivity contribution is -0.157. The first-order chi connectivity index (χ1) is 7.80. The summed E-state index contributed by atoms with van der Waals surface area (Å²) in [4.78, 5) is 14.6. The summed E-state index contributed by atoms with van der Waals surface area (Å²) in [5.41, 5.74) is 0.379. The van der Waals surface area contributed by atoms with Gasteiger partial charge in [0, 0.05) is 18.0 Å². The molecule has 1 saturated heterocycles. The van der Waals surface area contributed by atoms with Crippen LogP contribution >= 0.6 is 0 Å². The fourth-order valence-corrected chi connectivity index (χ4v) is 4.08. The number of carbonyl (C=O) groups is 1. The summed E-state index contributed by atoms with van der Waals surface area (Å²) in [5.74, 6) is 2.69. The first kappa shape index (κ1) is 9.49. The van der Waals surface area contributed by atoms with Crippen LogP contribution in [-0.2, 0) is 4.79 Å². The van der Waals surface area contributed by atoms with Crippen molar-refractivity contribution in [3.63, 3.8) is 0 Å². The summed E-state index contributed by atoms with van der Waals surface area (Å²) in [6.07, 6.45) is 10.7. The van der Waals surface area contributed by atoms with Crippen LogP contribution < -0.4 is 0 Å². The normalized spacial score (nSPS) is 39.9. The van der Waals surface area contributed by atoms with Gasteiger partial charge in [-0.1, -0.05) is 19.3 Å². The third-order valence-electron chi connectivity index (χ3n) is 5.84. The number of hydrogen-bond donors (Lipinski definition) is 0. The Morgan fingerprint density at radius 1 is 1.12 bits per heavy atom. The van der Waals surface area contributed by atoms with Crippen molar-refractivity contribution < 1.29 is 4.79 Å². The van der Waals surface area contributed by atoms with Crippen molar-refractivity contribution in [2.24, 2.45) is 17.8 Å². The number of rotatable bonds is 2. The van der Waals surface area contributed by atoms with E-state index in [2.05, 4.69) is 4.90 Å². The van der Waals surface area contributed by atoms with Gasteiger partial charge in [-0.05, 0) is 43.9 Å². The molecule has 2 heteroatoms. The van der Waals surface area contributed by atoms with Crippen molar-refractivity contribution in [1.82, 2.24) is 4.90 Å². The predicted molar refractivity (Wildman–Crippen MR) is 61.9 cm³/mol. The Morgan fingerprint density at radius 3 is 2.38 bits per heavy atom. The maximum Gasteiger partial charge on any atom is 0.226 e. The predicted octanol–water partition coefficient (Wildman–Crippen LogP) is 2.58. The molecule has 4 fully saturated rings. The molecule has 4 rings (SSSR count). The number of nitrogens with zero attached hydrogens (tertiary/aromatic N) is 1. The van der Waals surface area contributed by atoms with Crippen LogP contribution in [0.4, 0.5) is 0 Å². The van der Waals surface area contributed by atoms with E-state index in [-0.39, 0.29) is 0 Å². The van der Waals surface area contributed by atoms with E-state index in [1.165, 1.54) is 51.4 Å². The van der Waals surface area contributed by atoms with Gasteiger partial charge in [-0.25, -0.2) is 0 Å². The Hall–Kier alpha value is -0.530. The Bertz CT molecular complexity index is 324. The second-order valence-corrected chi connectivity index (χ2v) is 6.51. The van der Waals surface area contributed by atoms with Gasteiger partial charge in [-0.15, -0.1) is 0 Å². The van der Waals surface area contributed by atoms with Gasteiger partial charge in [0.2, 0.25) is 5.91 Å². The standard InChI is InChI=1S/C14H21NO/c16-13(12-9-11(12)10-3-1-4-10)15-8-7-14(15)5-2-6-14/h10-12H,1-9H2/t11-,12+/m1/s1. The van der Waals surface area contributed by atoms with E-state index in [4.69, 9.17) is 0 Å². The number of amides is 1. The Labute approximate surface area is 97.4 Å². The Kier molecular flexibility index (Phi) is 1.79. The monoisotopic (exact) mass is 219 g/mol. The van der Waals surface area contributed by atoms with Gasteiger partial charge in [-0.3, -0.25) is 4.79 Å². The molecule has 0 N–H and O–H groups in total. The van der Waals surface area contributed by atoms with Crippen LogP contribution in [0.15, 0.2) is 0 Å². The number of hydrogen-bond acceptors (Lipinski definition) is 1. The summed E-state index contributed by atoms with van der Waals surface area (Å²) in [6, 6.07) is 0. The smallest absolute Gasteiger partial charge is 0.226 e. The van der Waals surface area contributed by atoms with Crippen molar-refractivity contribution in [3.8, 4) is 0 Å². The van der Waals surface area contributed by atoms with E-state index in [0.717, 1.165) is 18.4 Å². The zero-order valence-electron chi connectivity index (χ0n) is 9.95. The summed E-state index contributed by atoms with van der Waals surface area (Å²) >= 11 is 0. The van der Waals surface area contributed by atoms with Crippen molar-refractivity contribution in [2.45, 2.75) is 56.9 Å². The zero-order valence-corrected chi connectivity index (χ0v) is 9.95. The van der Waals surface area contributed by atoms with E-state index in [9.17, 15) is 4.79 Å². The molecule has 16 heavy (non-hydrogen) atoms. The maximum absolute atomic E-state index is 12.4. The first-order valence-electron chi connectivity index (χ1n) is 7.12. The van der Waals surface area contributed by atoms with Crippen LogP contribution in [0.2, 0.25) is 0 Å². The topological polar surface area (TPSA) is 20.3 Å². The van der Waals surface area contributed by atoms with Crippen molar-refractivity contribution in [2.75, 3.05) is 6.54 Å². The molecule has 2 nitrogen and oxygen atoms in total. The van der Waals surface area contributed by atoms with Crippen LogP contribution in [0.5, 0.6) is 0 Å². The number of likely N-dealkylation sites (tertiary alicyclic amines) is 1. The van der Waals surface area contributed by atoms with Gasteiger partial charge in [0.15, 0.2) is 0 Å². The van der Waals surface area contributed by atoms with Crippen LogP contribution in [0.25, 0.3) is 0 Å². The molecule has 0 aromatic carbocycles. The quantitative estimate of drug-likeness (QED) is 0.699. The average molecular weight is 219 g/mol. The minimum absolute atomic E-state index is 0.379. The minimum atomic E-state index is 0.379. The van der Waals surface area contributed by atoms with Gasteiger partial charge in [-0.2, -0.15) is 0 Å². The average Bonchev–Trinajstić information content (AvgIpc) is 2.75. The molecule has 0 radical (unpaired) electrons. The largest absolute Gasteiger partial charge is 0.337 e. The molecule has 4 aliphatic rings. The lowest BCUT2D eigenvalue weighted by atomic mass is 9.67. The minimum Gasteiger partial charge on any atom is -0.337 e. The first-order valence-corrected chi connectivity index (χ1v) is 7.12. The lowest BCUT2D eigenvalue weighted by Gasteiger charge is -2.58. The number of carbonyl (C=O) groups excluding carboxylic acids is 1. The van der Waals surface area contributed by atoms with E-state index < -0.39 is 0 Å². The Balaban J connectivity index is 1.40. The molecule has 1 spiro atoms. The summed E-state index contributed by atoms with van der Waals surface area (Å²) in [5, 5.41) is 0. The van der Waals surface area contributed by atoms with Gasteiger partial charge < -0.3 is 4.90 Å². The van der Waals surface area contributed by atoms with Gasteiger partial charge in [0.1, 0.15) is 0 Å². The van der Waals surface area contributed by atoms with Gasteiger partial charge in [0.05, 0.1) is 0 Å². The van der Waals surface area contributed by atoms with Crippen LogP contribution in [-0.4, -0.2) is 22.9 Å². The van der Waals surface area contributed by atoms with Crippen LogP contribution in [0.1, 0.15) is 51.4 Å². The molecule has 0 aromatic rings. The van der Waals surface area contributed by atoms with E-state index in [0.29, 0.717) is 17.4 Å². The molecular formula is C14H21NO. The fraction of sp³-hybridized carbons (Fsp3) is 0.929. The lowest BCUT2D eigenvalue weighted by Crippen LogP contribution is -2.66. The molecule has 3 saturated carbocycles. The van der Waals surface area contributed by atoms with Crippen molar-refractivity contribution >= 4 is 5.91 Å². The maximum atomic E-state index is 12.4. The second-order valence-electron chi connectivity index (χ2n) is 6.51. The van der Waals surface area contributed by atoms with Crippen LogP contribution in [0.3, 0.4) is 0 Å². The molecule has 3 aliphatic carbocycles. The van der Waals surface area contributed by atoms with Crippen LogP contribution in [0, 0.1) is 17.8 Å². The third-order valence-corrected chi connectivity index (χ3v) is 5.84. The van der Waals surface area contributed by atoms with Gasteiger partial charge >= 0.3 is 0 Å². The summed E-state index contributed by atoms with van der Waals surface area (Å²) < 4.78 is 0. The molecule has 2 atom stereocenters. The zero-order chi connectivity index (χ0) is 10.8. The molecule has 0 unspecified atom stereocenters. The SMILES string of the molecule is O=C([C@H]1C[C@@H]1C1CCC1)N1CCC12CCC2. The van der Waals surface area contributed by atoms with Gasteiger partial charge in [0.25, 0.3) is 0 Å². The third kappa shape index (κ3) is 1.11. The molecule has 1 amide bonds. The Morgan fingerprint density at radius 2 is 1.94 bits per heavy atom. The van der Waals surface area contributed by atoms with Crippen molar-refractivity contribution in [3.05, 3.63) is 0 Å². The molecule has 1 heterocycles. The molecule has 1 aliphatic heterocycles. The summed E-state index contributed by atoms with van der Waals surface area (Å²) in [6.45, 7) is 1.06. The highest BCUT2D eigenvalue weighted by Gasteiger charge is 2.57. The highest BCUT2D eigenvalue weighted by atomic mass is 16.2. The fourth-order valence-electron chi connectivity index (χ4n) is 4.08. The molecule has 0 bridgehead atoms. The highest BCUT2D eigenvalue weighted by molar-refractivity contribution is 5.83. The van der Waals surface area contributed by atoms with E-state index in [1.54, 1.807) is 0 Å². The second kappa shape index (κ2) is 3.02. The molecule has 0 aromatic heterocycles. The van der Waals surface area contributed by atoms with E-state index in [1.807, 2.05) is 0 Å². The van der Waals surface area contributed by atoms with E-state index >= 15 is 0 Å². The highest BCUT2D eigenvalue weighted by Crippen LogP contribution is 2.55. The van der Waals surface area contributed by atoms with Crippen molar-refractivity contribution in [1.29, 1.82) is 0 Å². The summed E-state index contributed by atoms with van der Waals surface area (Å²) in [7, 11) is 0. The molecule has 88 valence electrons.